The Kier molecular flexibility index (Phi) is 3.96. The Balaban J connectivity index is 2.42. The van der Waals surface area contributed by atoms with E-state index in [0.717, 1.165) is 10.8 Å². The van der Waals surface area contributed by atoms with Gasteiger partial charge < -0.3 is 0 Å². The zero-order valence-electron chi connectivity index (χ0n) is 8.99. The summed E-state index contributed by atoms with van der Waals surface area (Å²) in [5, 5.41) is 28.4. The summed E-state index contributed by atoms with van der Waals surface area (Å²) in [6.45, 7) is -0.263. The number of hydrogen-bond donors (Lipinski definition) is 4. The second kappa shape index (κ2) is 5.16. The Morgan fingerprint density at radius 3 is 2.61 bits per heavy atom. The van der Waals surface area contributed by atoms with Crippen molar-refractivity contribution in [3.05, 3.63) is 32.1 Å². The normalized spacial score (nSPS) is 31.8. The van der Waals surface area contributed by atoms with Crippen molar-refractivity contribution in [3.63, 3.8) is 0 Å². The third-order valence-electron chi connectivity index (χ3n) is 2.72. The topological polar surface area (TPSA) is 116 Å². The van der Waals surface area contributed by atoms with Crippen molar-refractivity contribution in [1.82, 2.24) is 9.55 Å². The van der Waals surface area contributed by atoms with Crippen molar-refractivity contribution in [2.24, 2.45) is 0 Å². The van der Waals surface area contributed by atoms with Gasteiger partial charge in [-0.15, -0.1) is 0 Å². The van der Waals surface area contributed by atoms with Gasteiger partial charge in [-0.25, -0.2) is 0 Å². The monoisotopic (exact) mass is 342 g/mol. The molecule has 0 aliphatic carbocycles. The first-order valence-corrected chi connectivity index (χ1v) is 7.44. The van der Waals surface area contributed by atoms with Crippen LogP contribution in [0.25, 0.3) is 0 Å². The van der Waals surface area contributed by atoms with Gasteiger partial charge >= 0.3 is 112 Å². The van der Waals surface area contributed by atoms with E-state index in [9.17, 15) is 19.8 Å². The van der Waals surface area contributed by atoms with Crippen LogP contribution in [0.3, 0.4) is 0 Å². The van der Waals surface area contributed by atoms with Crippen LogP contribution in [0, 0.1) is 0 Å². The number of aliphatic hydroxyl groups is 3. The molecule has 4 atom stereocenters. The van der Waals surface area contributed by atoms with Crippen molar-refractivity contribution >= 4 is 26.6 Å². The third kappa shape index (κ3) is 2.27. The molecule has 0 bridgehead atoms. The fraction of sp³-hybridized carbons (Fsp3) is 0.556. The Morgan fingerprint density at radius 1 is 1.39 bits per heavy atom. The zero-order chi connectivity index (χ0) is 13.4. The average molecular weight is 342 g/mol. The molecule has 0 spiro atoms. The van der Waals surface area contributed by atoms with Crippen LogP contribution >= 0.6 is 11.6 Å². The summed E-state index contributed by atoms with van der Waals surface area (Å²) in [5.41, 5.74) is -1.39. The van der Waals surface area contributed by atoms with E-state index < -0.39 is 33.2 Å². The van der Waals surface area contributed by atoms with Crippen LogP contribution in [0.5, 0.6) is 0 Å². The molecule has 1 saturated heterocycles. The molecule has 18 heavy (non-hydrogen) atoms. The molecule has 1 aromatic rings. The van der Waals surface area contributed by atoms with E-state index in [1.165, 1.54) is 0 Å². The first-order valence-electron chi connectivity index (χ1n) is 5.09. The summed E-state index contributed by atoms with van der Waals surface area (Å²) in [5.74, 6) is 0. The standard InChI is InChI=1S/C9H11ClN2O5Se/c10-3-1-12(9(17)11-7(3)16)8-6(15)5(14)4(2-13)18-8/h1,4-6,8,13-15H,2H2,(H,11,16,17)/t4-,5?,6?,8-/m1/s1. The molecular weight excluding hydrogens is 331 g/mol. The summed E-state index contributed by atoms with van der Waals surface area (Å²) in [7, 11) is 0. The van der Waals surface area contributed by atoms with Crippen LogP contribution in [0.15, 0.2) is 15.8 Å². The molecule has 2 heterocycles. The number of halogens is 1. The summed E-state index contributed by atoms with van der Waals surface area (Å²) in [4.78, 5) is 23.7. The van der Waals surface area contributed by atoms with E-state index in [4.69, 9.17) is 16.7 Å². The Morgan fingerprint density at radius 2 is 2.06 bits per heavy atom. The maximum absolute atomic E-state index is 11.6. The summed E-state index contributed by atoms with van der Waals surface area (Å²) in [6, 6.07) is 0. The van der Waals surface area contributed by atoms with Crippen LogP contribution in [0.4, 0.5) is 0 Å². The summed E-state index contributed by atoms with van der Waals surface area (Å²) >= 11 is 5.24. The van der Waals surface area contributed by atoms with E-state index in [0.29, 0.717) is 0 Å². The van der Waals surface area contributed by atoms with Crippen molar-refractivity contribution in [2.75, 3.05) is 6.61 Å². The number of rotatable bonds is 2. The fourth-order valence-electron chi connectivity index (χ4n) is 1.76. The van der Waals surface area contributed by atoms with E-state index >= 15 is 0 Å². The molecule has 2 unspecified atom stereocenters. The van der Waals surface area contributed by atoms with Crippen molar-refractivity contribution < 1.29 is 15.3 Å². The molecule has 0 saturated carbocycles. The van der Waals surface area contributed by atoms with Gasteiger partial charge in [0.1, 0.15) is 0 Å². The minimum atomic E-state index is -1.16. The number of aliphatic hydroxyl groups excluding tert-OH is 3. The quantitative estimate of drug-likeness (QED) is 0.460. The number of hydrogen-bond acceptors (Lipinski definition) is 5. The average Bonchev–Trinajstić information content (AvgIpc) is 2.61. The van der Waals surface area contributed by atoms with E-state index in [1.54, 1.807) is 0 Å². The van der Waals surface area contributed by atoms with Crippen LogP contribution in [0.1, 0.15) is 4.94 Å². The molecule has 100 valence electrons. The fourth-order valence-corrected chi connectivity index (χ4v) is 4.80. The van der Waals surface area contributed by atoms with Gasteiger partial charge in [0.25, 0.3) is 0 Å². The van der Waals surface area contributed by atoms with Gasteiger partial charge in [0.2, 0.25) is 0 Å². The predicted molar refractivity (Wildman–Crippen MR) is 64.0 cm³/mol. The number of H-pyrrole nitrogens is 1. The van der Waals surface area contributed by atoms with Crippen molar-refractivity contribution in [3.8, 4) is 0 Å². The molecule has 0 aromatic carbocycles. The molecule has 0 amide bonds. The van der Waals surface area contributed by atoms with Crippen LogP contribution in [0.2, 0.25) is 9.84 Å². The molecule has 1 aromatic heterocycles. The third-order valence-corrected chi connectivity index (χ3v) is 6.26. The van der Waals surface area contributed by atoms with Gasteiger partial charge in [-0.1, -0.05) is 0 Å². The van der Waals surface area contributed by atoms with Crippen LogP contribution < -0.4 is 11.2 Å². The molecule has 9 heteroatoms. The number of aromatic amines is 1. The number of aromatic nitrogens is 2. The van der Waals surface area contributed by atoms with E-state index in [2.05, 4.69) is 0 Å². The molecule has 7 nitrogen and oxygen atoms in total. The molecular formula is C9H11ClN2O5Se. The molecule has 2 rings (SSSR count). The minimum absolute atomic E-state index is 0.167. The second-order valence-corrected chi connectivity index (χ2v) is 7.13. The molecule has 1 fully saturated rings. The molecule has 1 aliphatic rings. The zero-order valence-corrected chi connectivity index (χ0v) is 11.5. The molecule has 1 aliphatic heterocycles. The Hall–Kier alpha value is -0.631. The first-order chi connectivity index (χ1) is 8.45. The van der Waals surface area contributed by atoms with Crippen molar-refractivity contribution in [1.29, 1.82) is 0 Å². The van der Waals surface area contributed by atoms with Gasteiger partial charge in [-0.2, -0.15) is 0 Å². The second-order valence-electron chi connectivity index (χ2n) is 3.87. The number of nitrogens with zero attached hydrogens (tertiary/aromatic N) is 1. The maximum atomic E-state index is 11.6. The Labute approximate surface area is 112 Å². The SMILES string of the molecule is O=c1[nH]c(=O)n([C@@H]2[Se][C@H](CO)C(O)C2O)cc1Cl. The summed E-state index contributed by atoms with van der Waals surface area (Å²) < 4.78 is 1.10. The summed E-state index contributed by atoms with van der Waals surface area (Å²) in [6.07, 6.45) is -1.11. The predicted octanol–water partition coefficient (Wildman–Crippen LogP) is -2.09. The number of nitrogens with one attached hydrogen (secondary N) is 1. The van der Waals surface area contributed by atoms with Crippen LogP contribution in [-0.4, -0.2) is 58.6 Å². The van der Waals surface area contributed by atoms with Gasteiger partial charge in [0, 0.05) is 0 Å². The van der Waals surface area contributed by atoms with Gasteiger partial charge in [0.05, 0.1) is 0 Å². The van der Waals surface area contributed by atoms with Gasteiger partial charge in [-0.3, -0.25) is 0 Å². The van der Waals surface area contributed by atoms with E-state index in [1.807, 2.05) is 4.98 Å². The Bertz CT molecular complexity index is 559. The molecule has 0 radical (unpaired) electrons. The van der Waals surface area contributed by atoms with Gasteiger partial charge in [0.15, 0.2) is 0 Å². The van der Waals surface area contributed by atoms with Crippen molar-refractivity contribution in [2.45, 2.75) is 22.0 Å². The van der Waals surface area contributed by atoms with Gasteiger partial charge in [-0.05, 0) is 0 Å². The van der Waals surface area contributed by atoms with Crippen LogP contribution in [-0.2, 0) is 0 Å². The van der Waals surface area contributed by atoms with E-state index in [-0.39, 0.29) is 26.6 Å². The molecule has 4 N–H and O–H groups in total. The first kappa shape index (κ1) is 13.8.